The summed E-state index contributed by atoms with van der Waals surface area (Å²) in [5.74, 6) is -0.0596. The van der Waals surface area contributed by atoms with E-state index < -0.39 is 6.04 Å². The summed E-state index contributed by atoms with van der Waals surface area (Å²) in [7, 11) is 1.74. The van der Waals surface area contributed by atoms with Gasteiger partial charge in [0.05, 0.1) is 23.3 Å². The summed E-state index contributed by atoms with van der Waals surface area (Å²) < 4.78 is 0. The molecule has 0 bridgehead atoms. The fourth-order valence-corrected chi connectivity index (χ4v) is 1.75. The molecular weight excluding hydrogens is 269 g/mol. The zero-order valence-electron chi connectivity index (χ0n) is 9.47. The van der Waals surface area contributed by atoms with Crippen LogP contribution in [-0.4, -0.2) is 28.9 Å². The summed E-state index contributed by atoms with van der Waals surface area (Å²) in [5.41, 5.74) is 6.41. The van der Waals surface area contributed by atoms with Crippen LogP contribution in [0.15, 0.2) is 5.38 Å². The van der Waals surface area contributed by atoms with E-state index in [1.54, 1.807) is 30.2 Å². The number of hydrogen-bond acceptors (Lipinski definition) is 4. The number of thiazole rings is 1. The normalized spacial score (nSPS) is 11.0. The molecule has 0 aromatic carbocycles. The first-order valence-electron chi connectivity index (χ1n) is 4.42. The molecule has 0 aliphatic rings. The molecule has 1 aromatic rings. The van der Waals surface area contributed by atoms with E-state index in [-0.39, 0.29) is 30.7 Å². The quantitative estimate of drug-likeness (QED) is 0.918. The molecule has 0 fully saturated rings. The lowest BCUT2D eigenvalue weighted by atomic mass is 10.3. The topological polar surface area (TPSA) is 59.2 Å². The standard InChI is InChI=1S/C9H15N3OS.2ClH/c1-6(10)9(13)12(3)4-8-5-14-7(2)11-8;;/h5-6H,4,10H2,1-3H3;2*1H/t6-;;/m0../s1. The number of nitrogens with two attached hydrogens (primary N) is 1. The maximum Gasteiger partial charge on any atom is 0.239 e. The molecule has 0 aliphatic carbocycles. The summed E-state index contributed by atoms with van der Waals surface area (Å²) in [6.45, 7) is 4.16. The zero-order chi connectivity index (χ0) is 10.7. The van der Waals surface area contributed by atoms with Gasteiger partial charge in [0, 0.05) is 12.4 Å². The fraction of sp³-hybridized carbons (Fsp3) is 0.556. The Morgan fingerprint density at radius 1 is 1.62 bits per heavy atom. The number of nitrogens with zero attached hydrogens (tertiary/aromatic N) is 2. The summed E-state index contributed by atoms with van der Waals surface area (Å²) >= 11 is 1.59. The highest BCUT2D eigenvalue weighted by molar-refractivity contribution is 7.09. The van der Waals surface area contributed by atoms with Gasteiger partial charge in [-0.2, -0.15) is 0 Å². The van der Waals surface area contributed by atoms with Crippen LogP contribution in [0.25, 0.3) is 0 Å². The Bertz CT molecular complexity index is 330. The van der Waals surface area contributed by atoms with Crippen molar-refractivity contribution in [2.24, 2.45) is 5.73 Å². The SMILES string of the molecule is Cc1nc(CN(C)C(=O)[C@H](C)N)cs1.Cl.Cl. The molecule has 0 spiro atoms. The minimum atomic E-state index is -0.445. The lowest BCUT2D eigenvalue weighted by Gasteiger charge is -2.17. The molecule has 0 radical (unpaired) electrons. The number of amides is 1. The van der Waals surface area contributed by atoms with Crippen LogP contribution in [0.5, 0.6) is 0 Å². The third kappa shape index (κ3) is 5.12. The van der Waals surface area contributed by atoms with Crippen molar-refractivity contribution in [3.05, 3.63) is 16.1 Å². The molecule has 0 aliphatic heterocycles. The van der Waals surface area contributed by atoms with E-state index in [2.05, 4.69) is 4.98 Å². The van der Waals surface area contributed by atoms with E-state index >= 15 is 0 Å². The molecule has 1 rings (SSSR count). The van der Waals surface area contributed by atoms with Gasteiger partial charge in [-0.05, 0) is 13.8 Å². The molecule has 0 saturated heterocycles. The van der Waals surface area contributed by atoms with Crippen molar-refractivity contribution in [3.63, 3.8) is 0 Å². The fourth-order valence-electron chi connectivity index (χ4n) is 1.15. The molecule has 4 nitrogen and oxygen atoms in total. The van der Waals surface area contributed by atoms with Crippen LogP contribution < -0.4 is 5.73 Å². The van der Waals surface area contributed by atoms with Gasteiger partial charge < -0.3 is 10.6 Å². The van der Waals surface area contributed by atoms with E-state index in [0.29, 0.717) is 6.54 Å². The van der Waals surface area contributed by atoms with E-state index in [4.69, 9.17) is 5.73 Å². The van der Waals surface area contributed by atoms with Gasteiger partial charge in [-0.15, -0.1) is 36.2 Å². The number of carbonyl (C=O) groups is 1. The van der Waals surface area contributed by atoms with Gasteiger partial charge in [-0.1, -0.05) is 0 Å². The Balaban J connectivity index is 0. The van der Waals surface area contributed by atoms with Crippen molar-refractivity contribution < 1.29 is 4.79 Å². The van der Waals surface area contributed by atoms with Gasteiger partial charge in [0.2, 0.25) is 5.91 Å². The third-order valence-electron chi connectivity index (χ3n) is 1.83. The third-order valence-corrected chi connectivity index (χ3v) is 2.65. The Labute approximate surface area is 112 Å². The first kappa shape index (κ1) is 18.0. The minimum Gasteiger partial charge on any atom is -0.338 e. The van der Waals surface area contributed by atoms with Gasteiger partial charge in [-0.3, -0.25) is 4.79 Å². The lowest BCUT2D eigenvalue weighted by molar-refractivity contribution is -0.131. The average Bonchev–Trinajstić information content (AvgIpc) is 2.49. The number of aryl methyl sites for hydroxylation is 1. The largest absolute Gasteiger partial charge is 0.338 e. The molecule has 1 aromatic heterocycles. The van der Waals surface area contributed by atoms with Crippen molar-refractivity contribution in [2.45, 2.75) is 26.4 Å². The van der Waals surface area contributed by atoms with Gasteiger partial charge >= 0.3 is 0 Å². The molecule has 1 amide bonds. The molecule has 7 heteroatoms. The van der Waals surface area contributed by atoms with Crippen LogP contribution in [0, 0.1) is 6.92 Å². The van der Waals surface area contributed by atoms with Crippen molar-refractivity contribution in [2.75, 3.05) is 7.05 Å². The van der Waals surface area contributed by atoms with Crippen LogP contribution in [0.4, 0.5) is 0 Å². The molecule has 0 saturated carbocycles. The Morgan fingerprint density at radius 3 is 2.56 bits per heavy atom. The Hall–Kier alpha value is -0.360. The second kappa shape index (κ2) is 7.84. The summed E-state index contributed by atoms with van der Waals surface area (Å²) in [6, 6.07) is -0.445. The molecular formula is C9H17Cl2N3OS. The van der Waals surface area contributed by atoms with Gasteiger partial charge in [0.15, 0.2) is 0 Å². The lowest BCUT2D eigenvalue weighted by Crippen LogP contribution is -2.39. The second-order valence-corrected chi connectivity index (χ2v) is 4.40. The number of aromatic nitrogens is 1. The first-order valence-corrected chi connectivity index (χ1v) is 5.30. The zero-order valence-corrected chi connectivity index (χ0v) is 11.9. The molecule has 0 unspecified atom stereocenters. The van der Waals surface area contributed by atoms with E-state index in [0.717, 1.165) is 10.7 Å². The Morgan fingerprint density at radius 2 is 2.19 bits per heavy atom. The smallest absolute Gasteiger partial charge is 0.239 e. The maximum absolute atomic E-state index is 11.4. The predicted molar refractivity (Wildman–Crippen MR) is 71.5 cm³/mol. The maximum atomic E-state index is 11.4. The van der Waals surface area contributed by atoms with Crippen molar-refractivity contribution in [3.8, 4) is 0 Å². The number of halogens is 2. The Kier molecular flexibility index (Phi) is 8.83. The highest BCUT2D eigenvalue weighted by atomic mass is 35.5. The monoisotopic (exact) mass is 285 g/mol. The molecule has 1 heterocycles. The number of carbonyl (C=O) groups excluding carboxylic acids is 1. The van der Waals surface area contributed by atoms with Crippen molar-refractivity contribution in [1.82, 2.24) is 9.88 Å². The van der Waals surface area contributed by atoms with Crippen LogP contribution in [0.3, 0.4) is 0 Å². The number of rotatable bonds is 3. The van der Waals surface area contributed by atoms with E-state index in [1.165, 1.54) is 0 Å². The van der Waals surface area contributed by atoms with Gasteiger partial charge in [-0.25, -0.2) is 4.98 Å². The van der Waals surface area contributed by atoms with Crippen LogP contribution in [0.1, 0.15) is 17.6 Å². The number of hydrogen-bond donors (Lipinski definition) is 1. The first-order chi connectivity index (χ1) is 6.50. The van der Waals surface area contributed by atoms with Gasteiger partial charge in [0.25, 0.3) is 0 Å². The highest BCUT2D eigenvalue weighted by Gasteiger charge is 2.14. The van der Waals surface area contributed by atoms with Crippen molar-refractivity contribution in [1.29, 1.82) is 0 Å². The predicted octanol–water partition coefficient (Wildman–Crippen LogP) is 1.60. The second-order valence-electron chi connectivity index (χ2n) is 3.34. The number of likely N-dealkylation sites (N-methyl/N-ethyl adjacent to an activating group) is 1. The highest BCUT2D eigenvalue weighted by Crippen LogP contribution is 2.09. The molecule has 1 atom stereocenters. The molecule has 94 valence electrons. The van der Waals surface area contributed by atoms with Crippen molar-refractivity contribution >= 4 is 42.1 Å². The van der Waals surface area contributed by atoms with Crippen LogP contribution in [-0.2, 0) is 11.3 Å². The minimum absolute atomic E-state index is 0. The summed E-state index contributed by atoms with van der Waals surface area (Å²) in [4.78, 5) is 17.3. The van der Waals surface area contributed by atoms with Crippen LogP contribution in [0.2, 0.25) is 0 Å². The molecule has 16 heavy (non-hydrogen) atoms. The average molecular weight is 286 g/mol. The van der Waals surface area contributed by atoms with Crippen LogP contribution >= 0.6 is 36.2 Å². The van der Waals surface area contributed by atoms with E-state index in [1.807, 2.05) is 12.3 Å². The summed E-state index contributed by atoms with van der Waals surface area (Å²) in [6.07, 6.45) is 0. The van der Waals surface area contributed by atoms with E-state index in [9.17, 15) is 4.79 Å². The molecule has 2 N–H and O–H groups in total. The summed E-state index contributed by atoms with van der Waals surface area (Å²) in [5, 5.41) is 2.97. The van der Waals surface area contributed by atoms with Gasteiger partial charge in [0.1, 0.15) is 0 Å².